The number of pyridine rings is 1. The quantitative estimate of drug-likeness (QED) is 0.123. The Bertz CT molecular complexity index is 1300. The van der Waals surface area contributed by atoms with Gasteiger partial charge in [0.1, 0.15) is 0 Å². The number of fused-ring (bicyclic) bond motifs is 1. The maximum Gasteiger partial charge on any atom is 0.418 e. The number of hydrogen-bond acceptors (Lipinski definition) is 7. The normalized spacial score (nSPS) is 12.5. The number of nitrogens with zero attached hydrogens (tertiary/aromatic N) is 3. The molecule has 1 aromatic heterocycles. The third kappa shape index (κ3) is 8.62. The van der Waals surface area contributed by atoms with Crippen molar-refractivity contribution in [1.82, 2.24) is 15.3 Å². The minimum Gasteiger partial charge on any atom is -0.380 e. The summed E-state index contributed by atoms with van der Waals surface area (Å²) < 4.78 is 41.4. The summed E-state index contributed by atoms with van der Waals surface area (Å²) in [6.07, 6.45) is 0.688. The highest BCUT2D eigenvalue weighted by Crippen LogP contribution is 2.37. The number of anilines is 1. The van der Waals surface area contributed by atoms with Gasteiger partial charge in [0.05, 0.1) is 22.3 Å². The molecule has 12 heteroatoms. The predicted molar refractivity (Wildman–Crippen MR) is 154 cm³/mol. The summed E-state index contributed by atoms with van der Waals surface area (Å²) in [5.41, 5.74) is 1.42. The zero-order valence-electron chi connectivity index (χ0n) is 21.8. The lowest BCUT2D eigenvalue weighted by Crippen LogP contribution is -2.33. The smallest absolute Gasteiger partial charge is 0.380 e. The topological polar surface area (TPSA) is 86.7 Å². The van der Waals surface area contributed by atoms with E-state index in [1.807, 2.05) is 36.6 Å². The highest BCUT2D eigenvalue weighted by molar-refractivity contribution is 7.99. The number of nitrogens with one attached hydrogen (secondary N) is 2. The van der Waals surface area contributed by atoms with E-state index in [1.54, 1.807) is 32.1 Å². The van der Waals surface area contributed by atoms with Crippen molar-refractivity contribution in [3.8, 4) is 0 Å². The third-order valence-corrected chi connectivity index (χ3v) is 7.44. The molecular formula is C27H30F3N5O2S2. The van der Waals surface area contributed by atoms with E-state index in [9.17, 15) is 22.8 Å². The van der Waals surface area contributed by atoms with Crippen molar-refractivity contribution in [1.29, 1.82) is 0 Å². The van der Waals surface area contributed by atoms with Gasteiger partial charge in [-0.25, -0.2) is 5.43 Å². The van der Waals surface area contributed by atoms with Crippen molar-refractivity contribution >= 4 is 58.1 Å². The number of carbonyl (C=O) groups excluding carboxylic acids is 2. The van der Waals surface area contributed by atoms with Crippen LogP contribution in [0, 0.1) is 0 Å². The van der Waals surface area contributed by atoms with E-state index in [4.69, 9.17) is 0 Å². The molecule has 39 heavy (non-hydrogen) atoms. The lowest BCUT2D eigenvalue weighted by molar-refractivity contribution is -0.136. The van der Waals surface area contributed by atoms with Gasteiger partial charge in [0.25, 0.3) is 5.91 Å². The van der Waals surface area contributed by atoms with Gasteiger partial charge in [-0.2, -0.15) is 30.0 Å². The molecule has 2 aromatic carbocycles. The van der Waals surface area contributed by atoms with Gasteiger partial charge in [0, 0.05) is 55.0 Å². The number of rotatable bonds is 12. The molecule has 0 aliphatic rings. The predicted octanol–water partition coefficient (Wildman–Crippen LogP) is 5.77. The number of hydrazone groups is 1. The fraction of sp³-hybridized carbons (Fsp3) is 0.333. The fourth-order valence-electron chi connectivity index (χ4n) is 3.64. The molecule has 0 unspecified atom stereocenters. The second-order valence-electron chi connectivity index (χ2n) is 8.74. The van der Waals surface area contributed by atoms with E-state index in [0.29, 0.717) is 12.2 Å². The molecule has 0 saturated carbocycles. The number of thioether (sulfide) groups is 2. The number of halogens is 3. The van der Waals surface area contributed by atoms with Crippen molar-refractivity contribution < 1.29 is 22.8 Å². The first-order valence-corrected chi connectivity index (χ1v) is 14.4. The van der Waals surface area contributed by atoms with Crippen LogP contribution in [0.5, 0.6) is 0 Å². The van der Waals surface area contributed by atoms with Crippen molar-refractivity contribution in [2.75, 3.05) is 37.2 Å². The number of amides is 2. The largest absolute Gasteiger partial charge is 0.418 e. The molecule has 3 rings (SSSR count). The van der Waals surface area contributed by atoms with Crippen molar-refractivity contribution in [3.05, 3.63) is 65.9 Å². The number of para-hydroxylation sites is 1. The Balaban J connectivity index is 2.04. The summed E-state index contributed by atoms with van der Waals surface area (Å²) >= 11 is 3.13. The van der Waals surface area contributed by atoms with E-state index in [0.717, 1.165) is 22.9 Å². The number of alkyl halides is 3. The van der Waals surface area contributed by atoms with Crippen LogP contribution < -0.4 is 10.7 Å². The molecule has 0 bridgehead atoms. The van der Waals surface area contributed by atoms with E-state index >= 15 is 0 Å². The van der Waals surface area contributed by atoms with Crippen LogP contribution in [0.25, 0.3) is 10.9 Å². The first kappa shape index (κ1) is 30.3. The lowest BCUT2D eigenvalue weighted by Gasteiger charge is -2.24. The summed E-state index contributed by atoms with van der Waals surface area (Å²) in [6.45, 7) is 0. The van der Waals surface area contributed by atoms with Crippen LogP contribution in [0.3, 0.4) is 0 Å². The van der Waals surface area contributed by atoms with Crippen molar-refractivity contribution in [2.24, 2.45) is 5.10 Å². The zero-order valence-corrected chi connectivity index (χ0v) is 23.4. The van der Waals surface area contributed by atoms with Gasteiger partial charge >= 0.3 is 6.18 Å². The van der Waals surface area contributed by atoms with E-state index in [-0.39, 0.29) is 34.5 Å². The van der Waals surface area contributed by atoms with E-state index in [2.05, 4.69) is 20.8 Å². The highest BCUT2D eigenvalue weighted by Gasteiger charge is 2.34. The second-order valence-corrected chi connectivity index (χ2v) is 10.8. The molecule has 0 aliphatic heterocycles. The third-order valence-electron chi connectivity index (χ3n) is 5.62. The van der Waals surface area contributed by atoms with Crippen molar-refractivity contribution in [2.45, 2.75) is 30.0 Å². The van der Waals surface area contributed by atoms with Gasteiger partial charge in [-0.3, -0.25) is 14.6 Å². The molecule has 0 aliphatic carbocycles. The molecular weight excluding hydrogens is 547 g/mol. The van der Waals surface area contributed by atoms with Crippen LogP contribution in [-0.2, 0) is 11.0 Å². The number of aromatic nitrogens is 1. The molecule has 1 heterocycles. The Morgan fingerprint density at radius 2 is 1.87 bits per heavy atom. The van der Waals surface area contributed by atoms with Crippen LogP contribution in [0.4, 0.5) is 18.9 Å². The second kappa shape index (κ2) is 14.2. The average molecular weight is 578 g/mol. The molecule has 208 valence electrons. The molecule has 2 N–H and O–H groups in total. The summed E-state index contributed by atoms with van der Waals surface area (Å²) in [4.78, 5) is 32.2. The van der Waals surface area contributed by atoms with Gasteiger partial charge in [0.2, 0.25) is 5.91 Å². The van der Waals surface area contributed by atoms with Gasteiger partial charge in [-0.05, 0) is 36.6 Å². The first-order valence-electron chi connectivity index (χ1n) is 12.1. The summed E-state index contributed by atoms with van der Waals surface area (Å²) in [7, 11) is 3.27. The molecule has 7 nitrogen and oxygen atoms in total. The highest BCUT2D eigenvalue weighted by atomic mass is 32.2. The van der Waals surface area contributed by atoms with Crippen LogP contribution in [0.1, 0.15) is 28.8 Å². The molecule has 3 aromatic rings. The van der Waals surface area contributed by atoms with Gasteiger partial charge in [-0.1, -0.05) is 30.3 Å². The molecule has 0 fully saturated rings. The Morgan fingerprint density at radius 1 is 1.13 bits per heavy atom. The van der Waals surface area contributed by atoms with E-state index in [1.165, 1.54) is 28.8 Å². The van der Waals surface area contributed by atoms with Gasteiger partial charge in [0.15, 0.2) is 0 Å². The Kier molecular flexibility index (Phi) is 11.0. The van der Waals surface area contributed by atoms with Crippen LogP contribution in [-0.4, -0.2) is 65.8 Å². The molecule has 0 saturated heterocycles. The molecule has 0 spiro atoms. The lowest BCUT2D eigenvalue weighted by atomic mass is 10.0. The Hall–Kier alpha value is -3.25. The summed E-state index contributed by atoms with van der Waals surface area (Å²) in [6, 6.07) is 12.7. The Morgan fingerprint density at radius 3 is 2.54 bits per heavy atom. The minimum absolute atomic E-state index is 0.0239. The SMILES string of the molecule is CSCC/C=N/NC(=O)c1cnc2c(C(F)(F)F)cccc2c1N[C@@H](CSc1ccccc1)CC(=O)N(C)C. The van der Waals surface area contributed by atoms with E-state index < -0.39 is 23.7 Å². The standard InChI is InChI=1S/C27H30F3N5O2S2/c1-35(2)23(36)15-18(17-39-19-9-5-4-6-10-19)33-24-20-11-7-12-22(27(28,29)30)25(20)31-16-21(24)26(37)34-32-13-8-14-38-3/h4-7,9-13,16,18H,8,14-15,17H2,1-3H3,(H,31,33)(H,34,37)/b32-13+/t18-/m1/s1. The fourth-order valence-corrected chi connectivity index (χ4v) is 4.93. The maximum atomic E-state index is 13.8. The zero-order chi connectivity index (χ0) is 28.4. The summed E-state index contributed by atoms with van der Waals surface area (Å²) in [5.74, 6) is 0.447. The number of benzene rings is 2. The summed E-state index contributed by atoms with van der Waals surface area (Å²) in [5, 5.41) is 7.30. The van der Waals surface area contributed by atoms with Gasteiger partial charge < -0.3 is 10.2 Å². The molecule has 2 amide bonds. The average Bonchev–Trinajstić information content (AvgIpc) is 2.91. The molecule has 1 atom stereocenters. The monoisotopic (exact) mass is 577 g/mol. The minimum atomic E-state index is -4.64. The Labute approximate surface area is 234 Å². The van der Waals surface area contributed by atoms with Crippen molar-refractivity contribution in [3.63, 3.8) is 0 Å². The van der Waals surface area contributed by atoms with Crippen LogP contribution in [0.2, 0.25) is 0 Å². The number of hydrogen-bond donors (Lipinski definition) is 2. The first-order chi connectivity index (χ1) is 18.6. The molecule has 0 radical (unpaired) electrons. The maximum absolute atomic E-state index is 13.8. The van der Waals surface area contributed by atoms with Gasteiger partial charge in [-0.15, -0.1) is 11.8 Å². The van der Waals surface area contributed by atoms with Crippen LogP contribution in [0.15, 0.2) is 64.7 Å². The number of carbonyl (C=O) groups is 2. The van der Waals surface area contributed by atoms with Crippen LogP contribution >= 0.6 is 23.5 Å².